The SMILES string of the molecule is CCNC(=NCc1ccnc(OCC(F)(F)F)c1)N1CCN(C(C)=O)CC1.I. The third-order valence-corrected chi connectivity index (χ3v) is 3.95. The molecule has 2 rings (SSSR count). The highest BCUT2D eigenvalue weighted by Gasteiger charge is 2.28. The van der Waals surface area contributed by atoms with Crippen molar-refractivity contribution in [3.05, 3.63) is 23.9 Å². The summed E-state index contributed by atoms with van der Waals surface area (Å²) in [6.45, 7) is 5.68. The van der Waals surface area contributed by atoms with Crippen LogP contribution in [0.2, 0.25) is 0 Å². The summed E-state index contributed by atoms with van der Waals surface area (Å²) in [5, 5.41) is 3.20. The van der Waals surface area contributed by atoms with E-state index < -0.39 is 12.8 Å². The second-order valence-corrected chi connectivity index (χ2v) is 6.07. The van der Waals surface area contributed by atoms with Gasteiger partial charge in [0.15, 0.2) is 12.6 Å². The van der Waals surface area contributed by atoms with Crippen molar-refractivity contribution in [3.63, 3.8) is 0 Å². The molecule has 1 aromatic rings. The Balaban J connectivity index is 0.00000392. The van der Waals surface area contributed by atoms with Crippen molar-refractivity contribution in [1.82, 2.24) is 20.1 Å². The molecule has 0 saturated carbocycles. The number of carbonyl (C=O) groups excluding carboxylic acids is 1. The molecule has 1 saturated heterocycles. The fourth-order valence-electron chi connectivity index (χ4n) is 2.61. The Kier molecular flexibility index (Phi) is 9.76. The van der Waals surface area contributed by atoms with Crippen LogP contribution in [-0.4, -0.2) is 72.2 Å². The van der Waals surface area contributed by atoms with Crippen molar-refractivity contribution in [2.45, 2.75) is 26.6 Å². The highest BCUT2D eigenvalue weighted by molar-refractivity contribution is 14.0. The van der Waals surface area contributed by atoms with E-state index in [1.54, 1.807) is 17.9 Å². The molecule has 0 aliphatic carbocycles. The lowest BCUT2D eigenvalue weighted by molar-refractivity contribution is -0.154. The summed E-state index contributed by atoms with van der Waals surface area (Å²) in [4.78, 5) is 23.6. The van der Waals surface area contributed by atoms with Crippen molar-refractivity contribution in [2.24, 2.45) is 4.99 Å². The highest BCUT2D eigenvalue weighted by atomic mass is 127. The van der Waals surface area contributed by atoms with Gasteiger partial charge >= 0.3 is 6.18 Å². The molecular weight excluding hydrogens is 490 g/mol. The predicted octanol–water partition coefficient (Wildman–Crippen LogP) is 2.27. The molecule has 28 heavy (non-hydrogen) atoms. The van der Waals surface area contributed by atoms with Crippen LogP contribution in [0.5, 0.6) is 5.88 Å². The maximum atomic E-state index is 12.3. The van der Waals surface area contributed by atoms with Gasteiger partial charge in [-0.05, 0) is 18.6 Å². The number of nitrogens with one attached hydrogen (secondary N) is 1. The number of piperazine rings is 1. The lowest BCUT2D eigenvalue weighted by atomic mass is 10.2. The maximum Gasteiger partial charge on any atom is 0.422 e. The van der Waals surface area contributed by atoms with Gasteiger partial charge in [0.2, 0.25) is 11.8 Å². The first-order valence-electron chi connectivity index (χ1n) is 8.71. The van der Waals surface area contributed by atoms with Gasteiger partial charge in [-0.3, -0.25) is 4.79 Å². The van der Waals surface area contributed by atoms with Crippen LogP contribution in [-0.2, 0) is 11.3 Å². The maximum absolute atomic E-state index is 12.3. The number of nitrogens with zero attached hydrogens (tertiary/aromatic N) is 4. The Morgan fingerprint density at radius 2 is 1.93 bits per heavy atom. The van der Waals surface area contributed by atoms with Gasteiger partial charge < -0.3 is 19.9 Å². The highest BCUT2D eigenvalue weighted by Crippen LogP contribution is 2.18. The molecule has 0 aromatic carbocycles. The minimum atomic E-state index is -4.41. The number of aromatic nitrogens is 1. The number of alkyl halides is 3. The molecular formula is C17H25F3IN5O2. The summed E-state index contributed by atoms with van der Waals surface area (Å²) in [7, 11) is 0. The van der Waals surface area contributed by atoms with E-state index in [0.29, 0.717) is 44.2 Å². The third kappa shape index (κ3) is 8.07. The number of ether oxygens (including phenoxy) is 1. The lowest BCUT2D eigenvalue weighted by Crippen LogP contribution is -2.53. The van der Waals surface area contributed by atoms with Gasteiger partial charge in [-0.2, -0.15) is 13.2 Å². The van der Waals surface area contributed by atoms with Crippen LogP contribution < -0.4 is 10.1 Å². The number of pyridine rings is 1. The van der Waals surface area contributed by atoms with Crippen molar-refractivity contribution in [3.8, 4) is 5.88 Å². The molecule has 7 nitrogen and oxygen atoms in total. The molecule has 1 aromatic heterocycles. The first-order valence-corrected chi connectivity index (χ1v) is 8.71. The zero-order valence-electron chi connectivity index (χ0n) is 15.8. The van der Waals surface area contributed by atoms with Gasteiger partial charge in [-0.25, -0.2) is 9.98 Å². The standard InChI is InChI=1S/C17H24F3N5O2.HI/c1-3-21-16(25-8-6-24(7-9-25)13(2)26)23-11-14-4-5-22-15(10-14)27-12-17(18,19)20;/h4-5,10H,3,6-9,11-12H2,1-2H3,(H,21,23);1H. The van der Waals surface area contributed by atoms with E-state index in [1.165, 1.54) is 12.3 Å². The molecule has 158 valence electrons. The fraction of sp³-hybridized carbons (Fsp3) is 0.588. The zero-order chi connectivity index (χ0) is 19.9. The van der Waals surface area contributed by atoms with Crippen LogP contribution in [0.25, 0.3) is 0 Å². The number of halogens is 4. The summed E-state index contributed by atoms with van der Waals surface area (Å²) in [5.41, 5.74) is 0.694. The van der Waals surface area contributed by atoms with Crippen molar-refractivity contribution >= 4 is 35.8 Å². The predicted molar refractivity (Wildman–Crippen MR) is 110 cm³/mol. The van der Waals surface area contributed by atoms with E-state index in [-0.39, 0.29) is 42.3 Å². The van der Waals surface area contributed by atoms with E-state index >= 15 is 0 Å². The van der Waals surface area contributed by atoms with Gasteiger partial charge in [0.05, 0.1) is 6.54 Å². The molecule has 2 heterocycles. The van der Waals surface area contributed by atoms with Crippen LogP contribution in [0, 0.1) is 0 Å². The van der Waals surface area contributed by atoms with E-state index in [0.717, 1.165) is 0 Å². The fourth-order valence-corrected chi connectivity index (χ4v) is 2.61. The van der Waals surface area contributed by atoms with Crippen molar-refractivity contribution in [2.75, 3.05) is 39.3 Å². The molecule has 11 heteroatoms. The molecule has 1 aliphatic rings. The molecule has 0 atom stereocenters. The Labute approximate surface area is 179 Å². The topological polar surface area (TPSA) is 70.1 Å². The molecule has 1 N–H and O–H groups in total. The zero-order valence-corrected chi connectivity index (χ0v) is 18.2. The largest absolute Gasteiger partial charge is 0.468 e. The summed E-state index contributed by atoms with van der Waals surface area (Å²) in [5.74, 6) is 0.676. The van der Waals surface area contributed by atoms with E-state index in [1.807, 2.05) is 6.92 Å². The van der Waals surface area contributed by atoms with Crippen LogP contribution in [0.4, 0.5) is 13.2 Å². The van der Waals surface area contributed by atoms with Crippen molar-refractivity contribution < 1.29 is 22.7 Å². The molecule has 0 unspecified atom stereocenters. The van der Waals surface area contributed by atoms with E-state index in [9.17, 15) is 18.0 Å². The van der Waals surface area contributed by atoms with Crippen molar-refractivity contribution in [1.29, 1.82) is 0 Å². The Morgan fingerprint density at radius 1 is 1.29 bits per heavy atom. The second-order valence-electron chi connectivity index (χ2n) is 6.07. The summed E-state index contributed by atoms with van der Waals surface area (Å²) in [6, 6.07) is 3.13. The van der Waals surface area contributed by atoms with Gasteiger partial charge in [-0.15, -0.1) is 24.0 Å². The first-order chi connectivity index (χ1) is 12.8. The van der Waals surface area contributed by atoms with Crippen LogP contribution in [0.1, 0.15) is 19.4 Å². The average Bonchev–Trinajstić information content (AvgIpc) is 2.63. The smallest absolute Gasteiger partial charge is 0.422 e. The number of carbonyl (C=O) groups is 1. The van der Waals surface area contributed by atoms with E-state index in [4.69, 9.17) is 0 Å². The summed E-state index contributed by atoms with van der Waals surface area (Å²) < 4.78 is 41.4. The summed E-state index contributed by atoms with van der Waals surface area (Å²) >= 11 is 0. The minimum absolute atomic E-state index is 0. The van der Waals surface area contributed by atoms with Crippen LogP contribution in [0.15, 0.2) is 23.3 Å². The number of aliphatic imine (C=N–C) groups is 1. The van der Waals surface area contributed by atoms with Gasteiger partial charge in [0.25, 0.3) is 0 Å². The molecule has 1 fully saturated rings. The second kappa shape index (κ2) is 11.3. The average molecular weight is 515 g/mol. The molecule has 0 bridgehead atoms. The number of guanidine groups is 1. The first kappa shape index (κ1) is 24.2. The molecule has 1 amide bonds. The van der Waals surface area contributed by atoms with Crippen LogP contribution >= 0.6 is 24.0 Å². The Bertz CT molecular complexity index is 664. The van der Waals surface area contributed by atoms with Gasteiger partial charge in [0.1, 0.15) is 0 Å². The number of rotatable bonds is 5. The molecule has 0 spiro atoms. The van der Waals surface area contributed by atoms with Gasteiger partial charge in [-0.1, -0.05) is 0 Å². The molecule has 0 radical (unpaired) electrons. The number of amides is 1. The Morgan fingerprint density at radius 3 is 2.50 bits per heavy atom. The third-order valence-electron chi connectivity index (χ3n) is 3.95. The number of hydrogen-bond donors (Lipinski definition) is 1. The van der Waals surface area contributed by atoms with E-state index in [2.05, 4.69) is 24.9 Å². The normalized spacial score (nSPS) is 15.1. The number of hydrogen-bond acceptors (Lipinski definition) is 4. The van der Waals surface area contributed by atoms with Crippen LogP contribution in [0.3, 0.4) is 0 Å². The lowest BCUT2D eigenvalue weighted by Gasteiger charge is -2.36. The molecule has 1 aliphatic heterocycles. The minimum Gasteiger partial charge on any atom is -0.468 e. The van der Waals surface area contributed by atoms with Gasteiger partial charge in [0, 0.05) is 51.9 Å². The summed E-state index contributed by atoms with van der Waals surface area (Å²) in [6.07, 6.45) is -3.01. The monoisotopic (exact) mass is 515 g/mol. The Hall–Kier alpha value is -1.79. The quantitative estimate of drug-likeness (QED) is 0.371.